The highest BCUT2D eigenvalue weighted by Crippen LogP contribution is 2.62. The van der Waals surface area contributed by atoms with Gasteiger partial charge in [0.05, 0.1) is 27.4 Å². The van der Waals surface area contributed by atoms with Crippen LogP contribution in [-0.4, -0.2) is 35.8 Å². The molecule has 0 bridgehead atoms. The van der Waals surface area contributed by atoms with Crippen molar-refractivity contribution in [2.45, 2.75) is 39.3 Å². The normalized spacial score (nSPS) is 13.6. The van der Waals surface area contributed by atoms with Crippen LogP contribution in [0.5, 0.6) is 11.5 Å². The van der Waals surface area contributed by atoms with Crippen LogP contribution < -0.4 is 9.47 Å². The zero-order valence-corrected chi connectivity index (χ0v) is 17.5. The molecule has 1 aromatic rings. The Bertz CT molecular complexity index is 562. The maximum Gasteiger partial charge on any atom is 0.362 e. The summed E-state index contributed by atoms with van der Waals surface area (Å²) in [6.07, 6.45) is 0. The van der Waals surface area contributed by atoms with E-state index in [1.165, 1.54) is 0 Å². The Morgan fingerprint density at radius 1 is 1.00 bits per heavy atom. The van der Waals surface area contributed by atoms with Crippen molar-refractivity contribution in [1.82, 2.24) is 0 Å². The molecule has 0 amide bonds. The Kier molecular flexibility index (Phi) is 7.96. The molecule has 0 aliphatic rings. The average molecular weight is 376 g/mol. The summed E-state index contributed by atoms with van der Waals surface area (Å²) in [6.45, 7) is 10.2. The molecule has 1 aromatic carbocycles. The molecule has 1 unspecified atom stereocenters. The maximum atomic E-state index is 13.3. The Balaban J connectivity index is 3.39. The van der Waals surface area contributed by atoms with Gasteiger partial charge in [-0.25, -0.2) is 0 Å². The molecular formula is C16H29O6PSi. The van der Waals surface area contributed by atoms with Gasteiger partial charge >= 0.3 is 7.60 Å². The molecular weight excluding hydrogens is 347 g/mol. The van der Waals surface area contributed by atoms with Crippen LogP contribution in [0.1, 0.15) is 25.3 Å². The molecule has 0 radical (unpaired) electrons. The van der Waals surface area contributed by atoms with E-state index in [0.717, 1.165) is 0 Å². The fraction of sp³-hybridized carbons (Fsp3) is 0.625. The van der Waals surface area contributed by atoms with E-state index in [0.29, 0.717) is 17.1 Å². The standard InChI is InChI=1S/C16H29O6PSi/c1-8-20-23(17,21-9-2)16(22-24(5,6)7)13-10-11-14(18-3)15(12-13)19-4/h10-12,16H,8-9H2,1-7H3. The highest BCUT2D eigenvalue weighted by Gasteiger charge is 2.41. The molecule has 0 saturated carbocycles. The van der Waals surface area contributed by atoms with Gasteiger partial charge in [-0.15, -0.1) is 0 Å². The van der Waals surface area contributed by atoms with E-state index in [1.807, 2.05) is 19.6 Å². The first-order valence-electron chi connectivity index (χ1n) is 7.99. The van der Waals surface area contributed by atoms with Crippen LogP contribution in [0, 0.1) is 0 Å². The quantitative estimate of drug-likeness (QED) is 0.431. The minimum Gasteiger partial charge on any atom is -0.493 e. The van der Waals surface area contributed by atoms with Crippen molar-refractivity contribution in [1.29, 1.82) is 0 Å². The van der Waals surface area contributed by atoms with E-state index < -0.39 is 21.8 Å². The minimum absolute atomic E-state index is 0.274. The van der Waals surface area contributed by atoms with Gasteiger partial charge in [-0.1, -0.05) is 6.07 Å². The van der Waals surface area contributed by atoms with Crippen LogP contribution in [0.3, 0.4) is 0 Å². The second-order valence-corrected chi connectivity index (χ2v) is 12.6. The maximum absolute atomic E-state index is 13.3. The topological polar surface area (TPSA) is 63.2 Å². The molecule has 0 N–H and O–H groups in total. The van der Waals surface area contributed by atoms with Crippen LogP contribution in [-0.2, 0) is 18.0 Å². The van der Waals surface area contributed by atoms with Gasteiger partial charge in [-0.05, 0) is 51.2 Å². The smallest absolute Gasteiger partial charge is 0.362 e. The Morgan fingerprint density at radius 3 is 1.96 bits per heavy atom. The van der Waals surface area contributed by atoms with E-state index >= 15 is 0 Å². The van der Waals surface area contributed by atoms with Crippen molar-refractivity contribution in [3.63, 3.8) is 0 Å². The summed E-state index contributed by atoms with van der Waals surface area (Å²) in [4.78, 5) is 0. The fourth-order valence-electron chi connectivity index (χ4n) is 2.19. The van der Waals surface area contributed by atoms with E-state index in [4.69, 9.17) is 22.9 Å². The van der Waals surface area contributed by atoms with Crippen LogP contribution in [0.4, 0.5) is 0 Å². The number of hydrogen-bond acceptors (Lipinski definition) is 6. The number of methoxy groups -OCH3 is 2. The fourth-order valence-corrected chi connectivity index (χ4v) is 6.05. The van der Waals surface area contributed by atoms with Crippen LogP contribution in [0.2, 0.25) is 19.6 Å². The molecule has 0 spiro atoms. The third-order valence-electron chi connectivity index (χ3n) is 3.06. The molecule has 0 aliphatic heterocycles. The van der Waals surface area contributed by atoms with Crippen molar-refractivity contribution in [3.8, 4) is 11.5 Å². The summed E-state index contributed by atoms with van der Waals surface area (Å²) < 4.78 is 41.2. The van der Waals surface area contributed by atoms with Crippen LogP contribution in [0.15, 0.2) is 18.2 Å². The van der Waals surface area contributed by atoms with E-state index in [1.54, 1.807) is 46.3 Å². The van der Waals surface area contributed by atoms with Gasteiger partial charge in [0.2, 0.25) is 0 Å². The molecule has 6 nitrogen and oxygen atoms in total. The van der Waals surface area contributed by atoms with Crippen molar-refractivity contribution in [2.75, 3.05) is 27.4 Å². The predicted octanol–water partition coefficient (Wildman–Crippen LogP) is 4.82. The lowest BCUT2D eigenvalue weighted by molar-refractivity contribution is 0.158. The summed E-state index contributed by atoms with van der Waals surface area (Å²) in [6, 6.07) is 5.32. The summed E-state index contributed by atoms with van der Waals surface area (Å²) in [7, 11) is -2.39. The lowest BCUT2D eigenvalue weighted by atomic mass is 10.2. The van der Waals surface area contributed by atoms with Crippen molar-refractivity contribution in [3.05, 3.63) is 23.8 Å². The third kappa shape index (κ3) is 5.60. The molecule has 0 heterocycles. The van der Waals surface area contributed by atoms with Crippen LogP contribution >= 0.6 is 7.60 Å². The summed E-state index contributed by atoms with van der Waals surface area (Å²) in [5.74, 6) is 0.332. The Hall–Kier alpha value is -0.853. The lowest BCUT2D eigenvalue weighted by Gasteiger charge is -2.32. The predicted molar refractivity (Wildman–Crippen MR) is 97.6 cm³/mol. The SMILES string of the molecule is CCOP(=O)(OCC)C(O[Si](C)(C)C)c1ccc(OC)c(OC)c1. The summed E-state index contributed by atoms with van der Waals surface area (Å²) >= 11 is 0. The average Bonchev–Trinajstić information content (AvgIpc) is 2.51. The third-order valence-corrected chi connectivity index (χ3v) is 6.42. The first-order chi connectivity index (χ1) is 11.2. The minimum atomic E-state index is -3.49. The van der Waals surface area contributed by atoms with Crippen molar-refractivity contribution < 1.29 is 27.5 Å². The second kappa shape index (κ2) is 9.01. The number of ether oxygens (including phenoxy) is 2. The Morgan fingerprint density at radius 2 is 1.54 bits per heavy atom. The largest absolute Gasteiger partial charge is 0.493 e. The van der Waals surface area contributed by atoms with Gasteiger partial charge in [0, 0.05) is 0 Å². The highest BCUT2D eigenvalue weighted by atomic mass is 31.2. The number of benzene rings is 1. The molecule has 1 rings (SSSR count). The molecule has 0 aromatic heterocycles. The first kappa shape index (κ1) is 21.2. The van der Waals surface area contributed by atoms with Crippen molar-refractivity contribution >= 4 is 15.9 Å². The van der Waals surface area contributed by atoms with Gasteiger partial charge in [0.25, 0.3) is 0 Å². The lowest BCUT2D eigenvalue weighted by Crippen LogP contribution is -2.29. The molecule has 0 fully saturated rings. The monoisotopic (exact) mass is 376 g/mol. The summed E-state index contributed by atoms with van der Waals surface area (Å²) in [5, 5.41) is 0. The molecule has 0 saturated heterocycles. The highest BCUT2D eigenvalue weighted by molar-refractivity contribution is 7.54. The van der Waals surface area contributed by atoms with E-state index in [2.05, 4.69) is 0 Å². The second-order valence-electron chi connectivity index (χ2n) is 6.07. The molecule has 24 heavy (non-hydrogen) atoms. The van der Waals surface area contributed by atoms with Gasteiger partial charge in [0.1, 0.15) is 0 Å². The summed E-state index contributed by atoms with van der Waals surface area (Å²) in [5.41, 5.74) is 0.681. The number of hydrogen-bond donors (Lipinski definition) is 0. The molecule has 1 atom stereocenters. The molecule has 8 heteroatoms. The molecule has 0 aliphatic carbocycles. The zero-order chi connectivity index (χ0) is 18.4. The van der Waals surface area contributed by atoms with Gasteiger partial charge in [-0.2, -0.15) is 0 Å². The van der Waals surface area contributed by atoms with Crippen molar-refractivity contribution in [2.24, 2.45) is 0 Å². The van der Waals surface area contributed by atoms with Gasteiger partial charge in [0.15, 0.2) is 25.7 Å². The van der Waals surface area contributed by atoms with Gasteiger partial charge in [-0.3, -0.25) is 4.57 Å². The first-order valence-corrected chi connectivity index (χ1v) is 13.0. The van der Waals surface area contributed by atoms with E-state index in [9.17, 15) is 4.57 Å². The zero-order valence-electron chi connectivity index (χ0n) is 15.6. The van der Waals surface area contributed by atoms with E-state index in [-0.39, 0.29) is 13.2 Å². The number of rotatable bonds is 10. The molecule has 138 valence electrons. The Labute approximate surface area is 146 Å². The van der Waals surface area contributed by atoms with Crippen LogP contribution in [0.25, 0.3) is 0 Å². The van der Waals surface area contributed by atoms with Gasteiger partial charge < -0.3 is 22.9 Å².